The van der Waals surface area contributed by atoms with Gasteiger partial charge in [0.25, 0.3) is 5.91 Å². The molecule has 3 aromatic carbocycles. The van der Waals surface area contributed by atoms with Crippen LogP contribution in [0.1, 0.15) is 18.4 Å². The smallest absolute Gasteiger partial charge is 0.313 e. The molecular formula is C26H24ClNO5. The number of ether oxygens (including phenoxy) is 3. The maximum atomic E-state index is 13.2. The average Bonchev–Trinajstić information content (AvgIpc) is 2.82. The monoisotopic (exact) mass is 465 g/mol. The van der Waals surface area contributed by atoms with Gasteiger partial charge in [0.2, 0.25) is 0 Å². The molecule has 0 spiro atoms. The predicted octanol–water partition coefficient (Wildman–Crippen LogP) is 5.04. The van der Waals surface area contributed by atoms with Crippen molar-refractivity contribution in [1.29, 1.82) is 0 Å². The van der Waals surface area contributed by atoms with Gasteiger partial charge in [-0.25, -0.2) is 0 Å². The molecule has 1 aliphatic heterocycles. The molecule has 4 rings (SSSR count). The van der Waals surface area contributed by atoms with E-state index in [1.807, 2.05) is 48.5 Å². The zero-order valence-electron chi connectivity index (χ0n) is 18.0. The minimum atomic E-state index is -0.671. The number of amides is 1. The summed E-state index contributed by atoms with van der Waals surface area (Å²) in [6.07, 6.45) is -0.180. The van der Waals surface area contributed by atoms with Gasteiger partial charge < -0.3 is 19.1 Å². The molecule has 1 heterocycles. The fraction of sp³-hybridized carbons (Fsp3) is 0.231. The van der Waals surface area contributed by atoms with E-state index in [1.54, 1.807) is 35.2 Å². The zero-order chi connectivity index (χ0) is 23.0. The fourth-order valence-electron chi connectivity index (χ4n) is 3.56. The number of para-hydroxylation sites is 3. The summed E-state index contributed by atoms with van der Waals surface area (Å²) in [7, 11) is 0. The summed E-state index contributed by atoms with van der Waals surface area (Å²) in [5.41, 5.74) is 1.66. The first-order chi connectivity index (χ1) is 16.1. The normalized spacial score (nSPS) is 15.0. The molecule has 0 fully saturated rings. The lowest BCUT2D eigenvalue weighted by molar-refractivity contribution is -0.136. The topological polar surface area (TPSA) is 65.1 Å². The Morgan fingerprint density at radius 2 is 1.76 bits per heavy atom. The fourth-order valence-corrected chi connectivity index (χ4v) is 3.77. The number of fused-ring (bicyclic) bond motifs is 1. The van der Waals surface area contributed by atoms with E-state index in [9.17, 15) is 9.59 Å². The number of carbonyl (C=O) groups is 2. The van der Waals surface area contributed by atoms with Crippen molar-refractivity contribution in [2.75, 3.05) is 18.1 Å². The Kier molecular flexibility index (Phi) is 7.60. The van der Waals surface area contributed by atoms with Crippen LogP contribution < -0.4 is 14.4 Å². The van der Waals surface area contributed by atoms with Gasteiger partial charge in [-0.1, -0.05) is 54.1 Å². The summed E-state index contributed by atoms with van der Waals surface area (Å²) in [6, 6.07) is 23.8. The quantitative estimate of drug-likeness (QED) is 0.252. The largest absolute Gasteiger partial charge is 0.478 e. The van der Waals surface area contributed by atoms with Gasteiger partial charge in [-0.3, -0.25) is 9.59 Å². The third-order valence-corrected chi connectivity index (χ3v) is 5.38. The Bertz CT molecular complexity index is 1100. The SMILES string of the molecule is O=C(CCOCCC1Oc2ccccc2N(Cc2cccc(Cl)c2)C1=O)Oc1ccccc1. The minimum absolute atomic E-state index is 0.123. The van der Waals surface area contributed by atoms with Gasteiger partial charge in [0.1, 0.15) is 11.5 Å². The number of rotatable bonds is 9. The Balaban J connectivity index is 1.31. The van der Waals surface area contributed by atoms with E-state index in [0.29, 0.717) is 29.5 Å². The van der Waals surface area contributed by atoms with E-state index < -0.39 is 6.10 Å². The lowest BCUT2D eigenvalue weighted by Crippen LogP contribution is -2.46. The van der Waals surface area contributed by atoms with Crippen LogP contribution in [0.25, 0.3) is 0 Å². The standard InChI is InChI=1S/C26H24ClNO5/c27-20-8-6-7-19(17-20)18-28-22-11-4-5-12-23(22)33-24(26(28)30)13-15-31-16-14-25(29)32-21-9-2-1-3-10-21/h1-12,17,24H,13-16,18H2. The highest BCUT2D eigenvalue weighted by molar-refractivity contribution is 6.30. The Morgan fingerprint density at radius 1 is 0.970 bits per heavy atom. The molecule has 0 bridgehead atoms. The first-order valence-electron chi connectivity index (χ1n) is 10.7. The summed E-state index contributed by atoms with van der Waals surface area (Å²) in [4.78, 5) is 26.8. The van der Waals surface area contributed by atoms with Crippen molar-refractivity contribution in [3.05, 3.63) is 89.4 Å². The average molecular weight is 466 g/mol. The van der Waals surface area contributed by atoms with E-state index in [4.69, 9.17) is 25.8 Å². The highest BCUT2D eigenvalue weighted by atomic mass is 35.5. The third-order valence-electron chi connectivity index (χ3n) is 5.15. The molecule has 0 aliphatic carbocycles. The minimum Gasteiger partial charge on any atom is -0.478 e. The second-order valence-corrected chi connectivity index (χ2v) is 8.00. The summed E-state index contributed by atoms with van der Waals surface area (Å²) in [6.45, 7) is 0.875. The number of anilines is 1. The molecule has 1 aliphatic rings. The highest BCUT2D eigenvalue weighted by Gasteiger charge is 2.34. The van der Waals surface area contributed by atoms with Crippen molar-refractivity contribution in [3.8, 4) is 11.5 Å². The van der Waals surface area contributed by atoms with Crippen LogP contribution in [0.4, 0.5) is 5.69 Å². The molecule has 0 saturated heterocycles. The first-order valence-corrected chi connectivity index (χ1v) is 11.1. The number of hydrogen-bond acceptors (Lipinski definition) is 5. The zero-order valence-corrected chi connectivity index (χ0v) is 18.7. The second-order valence-electron chi connectivity index (χ2n) is 7.57. The molecule has 33 heavy (non-hydrogen) atoms. The molecule has 3 aromatic rings. The van der Waals surface area contributed by atoms with Crippen molar-refractivity contribution >= 4 is 29.2 Å². The number of nitrogens with zero attached hydrogens (tertiary/aromatic N) is 1. The highest BCUT2D eigenvalue weighted by Crippen LogP contribution is 2.35. The first kappa shape index (κ1) is 22.8. The van der Waals surface area contributed by atoms with Gasteiger partial charge in [0.05, 0.1) is 31.9 Å². The van der Waals surface area contributed by atoms with E-state index in [-0.39, 0.29) is 31.5 Å². The number of hydrogen-bond donors (Lipinski definition) is 0. The van der Waals surface area contributed by atoms with E-state index in [2.05, 4.69) is 0 Å². The Morgan fingerprint density at radius 3 is 2.58 bits per heavy atom. The van der Waals surface area contributed by atoms with Crippen LogP contribution in [0.3, 0.4) is 0 Å². The van der Waals surface area contributed by atoms with Gasteiger partial charge in [0, 0.05) is 11.4 Å². The molecule has 0 N–H and O–H groups in total. The Labute approximate surface area is 197 Å². The number of carbonyl (C=O) groups excluding carboxylic acids is 2. The third kappa shape index (κ3) is 6.12. The Hall–Kier alpha value is -3.35. The van der Waals surface area contributed by atoms with E-state index >= 15 is 0 Å². The van der Waals surface area contributed by atoms with Crippen molar-refractivity contribution in [1.82, 2.24) is 0 Å². The molecule has 1 unspecified atom stereocenters. The molecule has 0 saturated carbocycles. The van der Waals surface area contributed by atoms with Crippen molar-refractivity contribution in [3.63, 3.8) is 0 Å². The molecule has 1 amide bonds. The van der Waals surface area contributed by atoms with Crippen LogP contribution in [0, 0.1) is 0 Å². The predicted molar refractivity (Wildman–Crippen MR) is 126 cm³/mol. The van der Waals surface area contributed by atoms with Crippen LogP contribution in [-0.2, 0) is 20.9 Å². The van der Waals surface area contributed by atoms with Crippen LogP contribution in [0.2, 0.25) is 5.02 Å². The summed E-state index contributed by atoms with van der Waals surface area (Å²) in [5, 5.41) is 0.622. The summed E-state index contributed by atoms with van der Waals surface area (Å²) >= 11 is 6.12. The molecule has 1 atom stereocenters. The maximum absolute atomic E-state index is 13.2. The van der Waals surface area contributed by atoms with Crippen molar-refractivity contribution in [2.45, 2.75) is 25.5 Å². The van der Waals surface area contributed by atoms with Crippen molar-refractivity contribution < 1.29 is 23.8 Å². The van der Waals surface area contributed by atoms with Gasteiger partial charge in [0.15, 0.2) is 6.10 Å². The van der Waals surface area contributed by atoms with Gasteiger partial charge in [-0.05, 0) is 42.0 Å². The van der Waals surface area contributed by atoms with Gasteiger partial charge >= 0.3 is 5.97 Å². The van der Waals surface area contributed by atoms with Crippen LogP contribution in [0.15, 0.2) is 78.9 Å². The van der Waals surface area contributed by atoms with E-state index in [1.165, 1.54) is 0 Å². The van der Waals surface area contributed by atoms with Crippen molar-refractivity contribution in [2.24, 2.45) is 0 Å². The van der Waals surface area contributed by atoms with E-state index in [0.717, 1.165) is 11.3 Å². The molecular weight excluding hydrogens is 442 g/mol. The summed E-state index contributed by atoms with van der Waals surface area (Å²) in [5.74, 6) is 0.645. The molecule has 0 radical (unpaired) electrons. The maximum Gasteiger partial charge on any atom is 0.313 e. The lowest BCUT2D eigenvalue weighted by atomic mass is 10.1. The molecule has 0 aromatic heterocycles. The number of benzene rings is 3. The number of esters is 1. The van der Waals surface area contributed by atoms with Gasteiger partial charge in [-0.2, -0.15) is 0 Å². The van der Waals surface area contributed by atoms with Crippen LogP contribution in [-0.4, -0.2) is 31.2 Å². The summed E-state index contributed by atoms with van der Waals surface area (Å²) < 4.78 is 16.8. The lowest BCUT2D eigenvalue weighted by Gasteiger charge is -2.34. The van der Waals surface area contributed by atoms with Crippen LogP contribution >= 0.6 is 11.6 Å². The molecule has 7 heteroatoms. The van der Waals surface area contributed by atoms with Crippen LogP contribution in [0.5, 0.6) is 11.5 Å². The number of halogens is 1. The molecule has 6 nitrogen and oxygen atoms in total. The van der Waals surface area contributed by atoms with Gasteiger partial charge in [-0.15, -0.1) is 0 Å². The molecule has 170 valence electrons. The second kappa shape index (κ2) is 11.0.